The molecule has 2 heterocycles. The summed E-state index contributed by atoms with van der Waals surface area (Å²) in [6.45, 7) is 10.1. The number of benzene rings is 2. The van der Waals surface area contributed by atoms with Gasteiger partial charge in [-0.2, -0.15) is 0 Å². The number of ether oxygens (including phenoxy) is 1. The van der Waals surface area contributed by atoms with Crippen molar-refractivity contribution >= 4 is 11.6 Å². The predicted molar refractivity (Wildman–Crippen MR) is 124 cm³/mol. The second-order valence-corrected chi connectivity index (χ2v) is 8.17. The Balaban J connectivity index is 1.78. The molecular formula is C25H30N4O2. The largest absolute Gasteiger partial charge is 0.497 e. The third kappa shape index (κ3) is 3.95. The van der Waals surface area contributed by atoms with Gasteiger partial charge < -0.3 is 4.74 Å². The topological polar surface area (TPSA) is 50.6 Å². The Hall–Kier alpha value is -3.12. The molecule has 162 valence electrons. The summed E-state index contributed by atoms with van der Waals surface area (Å²) in [6.07, 6.45) is 0.680. The van der Waals surface area contributed by atoms with Crippen molar-refractivity contribution in [2.24, 2.45) is 0 Å². The first-order valence-corrected chi connectivity index (χ1v) is 10.7. The molecule has 6 nitrogen and oxygen atoms in total. The average Bonchev–Trinajstić information content (AvgIpc) is 2.77. The van der Waals surface area contributed by atoms with Crippen molar-refractivity contribution in [3.05, 3.63) is 80.8 Å². The molecule has 1 aliphatic rings. The first-order valence-electron chi connectivity index (χ1n) is 10.7. The minimum atomic E-state index is 0.0553. The lowest BCUT2D eigenvalue weighted by atomic mass is 10.1. The van der Waals surface area contributed by atoms with Crippen LogP contribution in [0, 0.1) is 20.8 Å². The summed E-state index contributed by atoms with van der Waals surface area (Å²) in [6, 6.07) is 14.4. The minimum Gasteiger partial charge on any atom is -0.497 e. The monoisotopic (exact) mass is 418 g/mol. The van der Waals surface area contributed by atoms with Crippen LogP contribution in [-0.4, -0.2) is 28.2 Å². The van der Waals surface area contributed by atoms with E-state index in [9.17, 15) is 4.79 Å². The molecule has 0 spiro atoms. The molecule has 0 unspecified atom stereocenters. The molecule has 31 heavy (non-hydrogen) atoms. The zero-order chi connectivity index (χ0) is 22.1. The first-order chi connectivity index (χ1) is 14.9. The number of hydrogen-bond donors (Lipinski definition) is 0. The maximum atomic E-state index is 13.3. The van der Waals surface area contributed by atoms with Crippen molar-refractivity contribution in [1.82, 2.24) is 14.5 Å². The van der Waals surface area contributed by atoms with Gasteiger partial charge in [-0.3, -0.25) is 19.2 Å². The van der Waals surface area contributed by atoms with Crippen LogP contribution >= 0.6 is 0 Å². The highest BCUT2D eigenvalue weighted by Gasteiger charge is 2.28. The van der Waals surface area contributed by atoms with Crippen molar-refractivity contribution in [2.75, 3.05) is 18.7 Å². The molecule has 0 N–H and O–H groups in total. The van der Waals surface area contributed by atoms with E-state index >= 15 is 0 Å². The van der Waals surface area contributed by atoms with Crippen molar-refractivity contribution in [1.29, 1.82) is 0 Å². The number of methoxy groups -OCH3 is 1. The molecule has 0 atom stereocenters. The second kappa shape index (κ2) is 8.55. The van der Waals surface area contributed by atoms with Crippen LogP contribution in [0.1, 0.15) is 34.9 Å². The lowest BCUT2D eigenvalue weighted by Crippen LogP contribution is -2.47. The zero-order valence-electron chi connectivity index (χ0n) is 19.0. The standard InChI is InChI=1S/C25H30N4O2/c1-6-22-19(4)26-25-28(23-9-7-8-17(2)18(23)3)15-27(16-29(25)24(22)30)14-20-10-12-21(31-5)13-11-20/h7-13H,6,14-16H2,1-5H3. The summed E-state index contributed by atoms with van der Waals surface area (Å²) in [7, 11) is 1.67. The summed E-state index contributed by atoms with van der Waals surface area (Å²) in [5.41, 5.74) is 6.35. The molecule has 0 saturated carbocycles. The van der Waals surface area contributed by atoms with Crippen molar-refractivity contribution in [3.8, 4) is 5.75 Å². The Morgan fingerprint density at radius 2 is 1.77 bits per heavy atom. The molecular weight excluding hydrogens is 388 g/mol. The third-order valence-electron chi connectivity index (χ3n) is 6.16. The summed E-state index contributed by atoms with van der Waals surface area (Å²) in [5.74, 6) is 1.56. The predicted octanol–water partition coefficient (Wildman–Crippen LogP) is 4.31. The number of aromatic nitrogens is 2. The van der Waals surface area contributed by atoms with E-state index in [0.29, 0.717) is 19.8 Å². The van der Waals surface area contributed by atoms with Crippen molar-refractivity contribution < 1.29 is 4.74 Å². The van der Waals surface area contributed by atoms with E-state index in [-0.39, 0.29) is 5.56 Å². The average molecular weight is 419 g/mol. The Morgan fingerprint density at radius 1 is 1.03 bits per heavy atom. The fourth-order valence-corrected chi connectivity index (χ4v) is 4.24. The van der Waals surface area contributed by atoms with E-state index in [2.05, 4.69) is 54.0 Å². The van der Waals surface area contributed by atoms with E-state index < -0.39 is 0 Å². The number of hydrogen-bond acceptors (Lipinski definition) is 5. The minimum absolute atomic E-state index is 0.0553. The van der Waals surface area contributed by atoms with Crippen LogP contribution < -0.4 is 15.2 Å². The highest BCUT2D eigenvalue weighted by molar-refractivity contribution is 5.64. The lowest BCUT2D eigenvalue weighted by Gasteiger charge is -2.39. The van der Waals surface area contributed by atoms with Gasteiger partial charge in [-0.25, -0.2) is 4.98 Å². The summed E-state index contributed by atoms with van der Waals surface area (Å²) in [4.78, 5) is 22.7. The molecule has 3 aromatic rings. The molecule has 0 radical (unpaired) electrons. The Bertz CT molecular complexity index is 1150. The highest BCUT2D eigenvalue weighted by Crippen LogP contribution is 2.32. The molecule has 0 bridgehead atoms. The van der Waals surface area contributed by atoms with E-state index in [1.165, 1.54) is 16.7 Å². The van der Waals surface area contributed by atoms with E-state index in [1.54, 1.807) is 7.11 Å². The normalized spacial score (nSPS) is 13.9. The SMILES string of the molecule is CCc1c(C)nc2n(c1=O)CN(Cc1ccc(OC)cc1)CN2c1cccc(C)c1C. The fraction of sp³-hybridized carbons (Fsp3) is 0.360. The quantitative estimate of drug-likeness (QED) is 0.618. The van der Waals surface area contributed by atoms with Crippen LogP contribution in [0.25, 0.3) is 0 Å². The van der Waals surface area contributed by atoms with Crippen LogP contribution in [0.15, 0.2) is 47.3 Å². The third-order valence-corrected chi connectivity index (χ3v) is 6.16. The number of anilines is 2. The first kappa shape index (κ1) is 21.1. The summed E-state index contributed by atoms with van der Waals surface area (Å²) < 4.78 is 7.10. The van der Waals surface area contributed by atoms with Gasteiger partial charge in [-0.05, 0) is 62.1 Å². The Kier molecular flexibility index (Phi) is 5.83. The van der Waals surface area contributed by atoms with Gasteiger partial charge in [0, 0.05) is 23.5 Å². The maximum Gasteiger partial charge on any atom is 0.259 e. The van der Waals surface area contributed by atoms with E-state index in [4.69, 9.17) is 9.72 Å². The molecule has 4 rings (SSSR count). The molecule has 0 amide bonds. The number of rotatable bonds is 5. The van der Waals surface area contributed by atoms with Gasteiger partial charge in [0.1, 0.15) is 5.75 Å². The van der Waals surface area contributed by atoms with Gasteiger partial charge >= 0.3 is 0 Å². The maximum absolute atomic E-state index is 13.3. The van der Waals surface area contributed by atoms with Crippen molar-refractivity contribution in [2.45, 2.75) is 47.3 Å². The second-order valence-electron chi connectivity index (χ2n) is 8.17. The van der Waals surface area contributed by atoms with Gasteiger partial charge in [0.15, 0.2) is 0 Å². The molecule has 0 saturated heterocycles. The van der Waals surface area contributed by atoms with E-state index in [1.807, 2.05) is 30.5 Å². The van der Waals surface area contributed by atoms with Gasteiger partial charge in [0.2, 0.25) is 5.95 Å². The van der Waals surface area contributed by atoms with Crippen LogP contribution in [0.3, 0.4) is 0 Å². The number of fused-ring (bicyclic) bond motifs is 1. The lowest BCUT2D eigenvalue weighted by molar-refractivity contribution is 0.189. The summed E-state index contributed by atoms with van der Waals surface area (Å²) >= 11 is 0. The van der Waals surface area contributed by atoms with Crippen LogP contribution in [0.2, 0.25) is 0 Å². The highest BCUT2D eigenvalue weighted by atomic mass is 16.5. The van der Waals surface area contributed by atoms with Gasteiger partial charge in [-0.15, -0.1) is 0 Å². The molecule has 0 fully saturated rings. The number of nitrogens with zero attached hydrogens (tertiary/aromatic N) is 4. The van der Waals surface area contributed by atoms with Crippen LogP contribution in [0.5, 0.6) is 5.75 Å². The van der Waals surface area contributed by atoms with Crippen molar-refractivity contribution in [3.63, 3.8) is 0 Å². The summed E-state index contributed by atoms with van der Waals surface area (Å²) in [5, 5.41) is 0. The van der Waals surface area contributed by atoms with Crippen LogP contribution in [0.4, 0.5) is 11.6 Å². The van der Waals surface area contributed by atoms with Gasteiger partial charge in [0.25, 0.3) is 5.56 Å². The molecule has 0 aliphatic carbocycles. The van der Waals surface area contributed by atoms with Crippen LogP contribution in [-0.2, 0) is 19.6 Å². The molecule has 6 heteroatoms. The molecule has 1 aromatic heterocycles. The van der Waals surface area contributed by atoms with Gasteiger partial charge in [0.05, 0.1) is 20.4 Å². The Labute approximate surface area is 183 Å². The number of aryl methyl sites for hydroxylation is 2. The van der Waals surface area contributed by atoms with E-state index in [0.717, 1.165) is 35.2 Å². The Morgan fingerprint density at radius 3 is 2.45 bits per heavy atom. The molecule has 2 aromatic carbocycles. The van der Waals surface area contributed by atoms with Gasteiger partial charge in [-0.1, -0.05) is 31.2 Å². The zero-order valence-corrected chi connectivity index (χ0v) is 19.0. The molecule has 1 aliphatic heterocycles. The smallest absolute Gasteiger partial charge is 0.259 e. The fourth-order valence-electron chi connectivity index (χ4n) is 4.24.